The lowest BCUT2D eigenvalue weighted by Crippen LogP contribution is -2.42. The first-order chi connectivity index (χ1) is 10.7. The van der Waals surface area contributed by atoms with Gasteiger partial charge in [0.25, 0.3) is 0 Å². The number of ether oxygens (including phenoxy) is 1. The first-order valence-corrected chi connectivity index (χ1v) is 8.48. The predicted molar refractivity (Wildman–Crippen MR) is 88.7 cm³/mol. The summed E-state index contributed by atoms with van der Waals surface area (Å²) in [6.45, 7) is 0.848. The van der Waals surface area contributed by atoms with Crippen molar-refractivity contribution in [2.24, 2.45) is 5.92 Å². The molecule has 5 heteroatoms. The number of benzene rings is 1. The van der Waals surface area contributed by atoms with E-state index in [9.17, 15) is 4.79 Å². The standard InChI is InChI=1S/C17H23ClN2O2/c1-22-13-8-9-15(14(18)11-13)19-17(21)20-10-4-7-16(20)12-5-2-3-6-12/h8-9,11-12,16H,2-7,10H2,1H3,(H,19,21). The van der Waals surface area contributed by atoms with E-state index in [1.54, 1.807) is 25.3 Å². The number of likely N-dealkylation sites (tertiary alicyclic amines) is 1. The second-order valence-electron chi connectivity index (χ2n) is 6.22. The summed E-state index contributed by atoms with van der Waals surface area (Å²) >= 11 is 6.21. The van der Waals surface area contributed by atoms with Crippen LogP contribution in [0.3, 0.4) is 0 Å². The number of hydrogen-bond donors (Lipinski definition) is 1. The van der Waals surface area contributed by atoms with Crippen LogP contribution < -0.4 is 10.1 Å². The summed E-state index contributed by atoms with van der Waals surface area (Å²) in [5, 5.41) is 3.46. The monoisotopic (exact) mass is 322 g/mol. The smallest absolute Gasteiger partial charge is 0.322 e. The molecule has 1 unspecified atom stereocenters. The molecule has 3 rings (SSSR count). The maximum absolute atomic E-state index is 12.6. The Balaban J connectivity index is 1.68. The molecule has 2 aliphatic rings. The molecule has 120 valence electrons. The van der Waals surface area contributed by atoms with Crippen molar-refractivity contribution in [3.05, 3.63) is 23.2 Å². The van der Waals surface area contributed by atoms with Crippen molar-refractivity contribution in [2.75, 3.05) is 19.0 Å². The normalized spacial score (nSPS) is 22.1. The number of methoxy groups -OCH3 is 1. The van der Waals surface area contributed by atoms with Crippen molar-refractivity contribution in [1.29, 1.82) is 0 Å². The summed E-state index contributed by atoms with van der Waals surface area (Å²) in [6, 6.07) is 5.69. The minimum absolute atomic E-state index is 0.0264. The van der Waals surface area contributed by atoms with Crippen LogP contribution in [0.2, 0.25) is 5.02 Å². The van der Waals surface area contributed by atoms with E-state index in [0.717, 1.165) is 19.4 Å². The van der Waals surface area contributed by atoms with Crippen molar-refractivity contribution >= 4 is 23.3 Å². The molecule has 1 aliphatic heterocycles. The molecule has 0 radical (unpaired) electrons. The van der Waals surface area contributed by atoms with E-state index in [0.29, 0.717) is 28.4 Å². The van der Waals surface area contributed by atoms with Crippen molar-refractivity contribution < 1.29 is 9.53 Å². The number of halogens is 1. The van der Waals surface area contributed by atoms with Gasteiger partial charge in [-0.3, -0.25) is 0 Å². The van der Waals surface area contributed by atoms with Gasteiger partial charge in [0.1, 0.15) is 5.75 Å². The van der Waals surface area contributed by atoms with Gasteiger partial charge in [0.15, 0.2) is 0 Å². The molecule has 1 N–H and O–H groups in total. The molecule has 1 aromatic rings. The third kappa shape index (κ3) is 3.17. The second kappa shape index (κ2) is 6.78. The number of rotatable bonds is 3. The van der Waals surface area contributed by atoms with Crippen LogP contribution in [0.4, 0.5) is 10.5 Å². The molecule has 0 aromatic heterocycles. The van der Waals surface area contributed by atoms with E-state index in [-0.39, 0.29) is 6.03 Å². The molecule has 0 spiro atoms. The van der Waals surface area contributed by atoms with Gasteiger partial charge in [-0.1, -0.05) is 24.4 Å². The Bertz CT molecular complexity index is 543. The minimum Gasteiger partial charge on any atom is -0.497 e. The Labute approximate surface area is 136 Å². The fourth-order valence-electron chi connectivity index (χ4n) is 3.79. The van der Waals surface area contributed by atoms with Crippen molar-refractivity contribution in [2.45, 2.75) is 44.6 Å². The van der Waals surface area contributed by atoms with Gasteiger partial charge in [-0.25, -0.2) is 4.79 Å². The predicted octanol–water partition coefficient (Wildman–Crippen LogP) is 4.54. The highest BCUT2D eigenvalue weighted by Gasteiger charge is 2.36. The second-order valence-corrected chi connectivity index (χ2v) is 6.63. The van der Waals surface area contributed by atoms with Crippen LogP contribution in [-0.2, 0) is 0 Å². The molecular weight excluding hydrogens is 300 g/mol. The van der Waals surface area contributed by atoms with E-state index in [1.807, 2.05) is 4.90 Å². The molecule has 4 nitrogen and oxygen atoms in total. The fraction of sp³-hybridized carbons (Fsp3) is 0.588. The molecule has 1 atom stereocenters. The molecule has 22 heavy (non-hydrogen) atoms. The highest BCUT2D eigenvalue weighted by atomic mass is 35.5. The number of carbonyl (C=O) groups is 1. The highest BCUT2D eigenvalue weighted by Crippen LogP contribution is 2.36. The van der Waals surface area contributed by atoms with Crippen LogP contribution in [0.15, 0.2) is 18.2 Å². The number of carbonyl (C=O) groups excluding carboxylic acids is 1. The summed E-state index contributed by atoms with van der Waals surface area (Å²) in [5.74, 6) is 1.37. The molecule has 2 fully saturated rings. The number of nitrogens with zero attached hydrogens (tertiary/aromatic N) is 1. The zero-order chi connectivity index (χ0) is 15.5. The van der Waals surface area contributed by atoms with Crippen LogP contribution >= 0.6 is 11.6 Å². The Morgan fingerprint density at radius 3 is 2.73 bits per heavy atom. The van der Waals surface area contributed by atoms with Crippen molar-refractivity contribution in [1.82, 2.24) is 4.90 Å². The molecule has 1 saturated heterocycles. The van der Waals surface area contributed by atoms with Gasteiger partial charge < -0.3 is 15.0 Å². The highest BCUT2D eigenvalue weighted by molar-refractivity contribution is 6.33. The maximum atomic E-state index is 12.6. The lowest BCUT2D eigenvalue weighted by Gasteiger charge is -2.29. The number of hydrogen-bond acceptors (Lipinski definition) is 2. The Morgan fingerprint density at radius 2 is 2.05 bits per heavy atom. The van der Waals surface area contributed by atoms with E-state index < -0.39 is 0 Å². The zero-order valence-corrected chi connectivity index (χ0v) is 13.7. The van der Waals surface area contributed by atoms with Crippen molar-refractivity contribution in [3.63, 3.8) is 0 Å². The summed E-state index contributed by atoms with van der Waals surface area (Å²) in [6.07, 6.45) is 7.37. The Kier molecular flexibility index (Phi) is 4.77. The van der Waals surface area contributed by atoms with Gasteiger partial charge in [-0.15, -0.1) is 0 Å². The summed E-state index contributed by atoms with van der Waals surface area (Å²) in [7, 11) is 1.60. The zero-order valence-electron chi connectivity index (χ0n) is 13.0. The largest absolute Gasteiger partial charge is 0.497 e. The van der Waals surface area contributed by atoms with Gasteiger partial charge in [0.2, 0.25) is 0 Å². The number of amides is 2. The molecular formula is C17H23ClN2O2. The van der Waals surface area contributed by atoms with Crippen molar-refractivity contribution in [3.8, 4) is 5.75 Å². The number of urea groups is 1. The third-order valence-electron chi connectivity index (χ3n) is 4.92. The van der Waals surface area contributed by atoms with Crippen LogP contribution in [0, 0.1) is 5.92 Å². The molecule has 1 aromatic carbocycles. The van der Waals surface area contributed by atoms with Crippen LogP contribution in [0.5, 0.6) is 5.75 Å². The Hall–Kier alpha value is -1.42. The molecule has 2 amide bonds. The van der Waals surface area contributed by atoms with Gasteiger partial charge >= 0.3 is 6.03 Å². The summed E-state index contributed by atoms with van der Waals surface area (Å²) < 4.78 is 5.13. The van der Waals surface area contributed by atoms with Crippen LogP contribution in [0.1, 0.15) is 38.5 Å². The van der Waals surface area contributed by atoms with Gasteiger partial charge in [-0.2, -0.15) is 0 Å². The summed E-state index contributed by atoms with van der Waals surface area (Å²) in [4.78, 5) is 14.6. The number of nitrogens with one attached hydrogen (secondary N) is 1. The Morgan fingerprint density at radius 1 is 1.27 bits per heavy atom. The first-order valence-electron chi connectivity index (χ1n) is 8.10. The van der Waals surface area contributed by atoms with E-state index >= 15 is 0 Å². The quantitative estimate of drug-likeness (QED) is 0.888. The molecule has 0 bridgehead atoms. The maximum Gasteiger partial charge on any atom is 0.322 e. The van der Waals surface area contributed by atoms with E-state index in [1.165, 1.54) is 25.7 Å². The van der Waals surface area contributed by atoms with E-state index in [4.69, 9.17) is 16.3 Å². The summed E-state index contributed by atoms with van der Waals surface area (Å²) in [5.41, 5.74) is 0.643. The molecule has 1 heterocycles. The average molecular weight is 323 g/mol. The lowest BCUT2D eigenvalue weighted by atomic mass is 9.96. The first kappa shape index (κ1) is 15.5. The molecule has 1 aliphatic carbocycles. The fourth-order valence-corrected chi connectivity index (χ4v) is 4.01. The SMILES string of the molecule is COc1ccc(NC(=O)N2CCCC2C2CCCC2)c(Cl)c1. The van der Waals surface area contributed by atoms with Crippen LogP contribution in [-0.4, -0.2) is 30.6 Å². The third-order valence-corrected chi connectivity index (χ3v) is 5.23. The van der Waals surface area contributed by atoms with E-state index in [2.05, 4.69) is 5.32 Å². The lowest BCUT2D eigenvalue weighted by molar-refractivity contribution is 0.185. The van der Waals surface area contributed by atoms with Gasteiger partial charge in [0, 0.05) is 18.7 Å². The van der Waals surface area contributed by atoms with Gasteiger partial charge in [-0.05, 0) is 43.7 Å². The molecule has 1 saturated carbocycles. The topological polar surface area (TPSA) is 41.6 Å². The number of anilines is 1. The minimum atomic E-state index is -0.0264. The average Bonchev–Trinajstić information content (AvgIpc) is 3.19. The van der Waals surface area contributed by atoms with Gasteiger partial charge in [0.05, 0.1) is 17.8 Å². The van der Waals surface area contributed by atoms with Crippen LogP contribution in [0.25, 0.3) is 0 Å².